The zero-order valence-electron chi connectivity index (χ0n) is 10.4. The van der Waals surface area contributed by atoms with Crippen molar-refractivity contribution >= 4 is 11.9 Å². The number of carbonyl (C=O) groups excluding carboxylic acids is 2. The molecule has 0 aromatic heterocycles. The molecular formula is C12H18N2O3. The van der Waals surface area contributed by atoms with Crippen LogP contribution in [0.2, 0.25) is 0 Å². The van der Waals surface area contributed by atoms with Crippen LogP contribution in [0, 0.1) is 0 Å². The number of nitrogens with two attached hydrogens (primary N) is 1. The van der Waals surface area contributed by atoms with Crippen molar-refractivity contribution in [3.8, 4) is 0 Å². The molecule has 2 atom stereocenters. The molecule has 0 bridgehead atoms. The van der Waals surface area contributed by atoms with E-state index in [9.17, 15) is 9.59 Å². The summed E-state index contributed by atoms with van der Waals surface area (Å²) in [5.41, 5.74) is 6.96. The van der Waals surface area contributed by atoms with Crippen LogP contribution in [0.15, 0.2) is 23.8 Å². The third kappa shape index (κ3) is 2.55. The van der Waals surface area contributed by atoms with Gasteiger partial charge in [-0.1, -0.05) is 11.6 Å². The molecule has 2 N–H and O–H groups in total. The second kappa shape index (κ2) is 5.14. The number of hydrogen-bond acceptors (Lipinski definition) is 4. The zero-order valence-corrected chi connectivity index (χ0v) is 10.4. The molecule has 0 spiro atoms. The fraction of sp³-hybridized carbons (Fsp3) is 0.500. The normalized spacial score (nSPS) is 22.8. The maximum atomic E-state index is 11.6. The highest BCUT2D eigenvalue weighted by molar-refractivity contribution is 5.93. The van der Waals surface area contributed by atoms with Crippen LogP contribution in [-0.2, 0) is 14.4 Å². The minimum Gasteiger partial charge on any atom is -0.333 e. The first-order valence-corrected chi connectivity index (χ1v) is 5.46. The van der Waals surface area contributed by atoms with Crippen molar-refractivity contribution in [2.24, 2.45) is 5.73 Å². The van der Waals surface area contributed by atoms with Gasteiger partial charge in [0.15, 0.2) is 0 Å². The molecule has 1 amide bonds. The Bertz CT molecular complexity index is 383. The van der Waals surface area contributed by atoms with Crippen LogP contribution in [0.5, 0.6) is 0 Å². The lowest BCUT2D eigenvalue weighted by molar-refractivity contribution is -0.227. The minimum atomic E-state index is -0.604. The lowest BCUT2D eigenvalue weighted by Crippen LogP contribution is -2.68. The van der Waals surface area contributed by atoms with E-state index in [2.05, 4.69) is 6.58 Å². The molecule has 0 unspecified atom stereocenters. The smallest absolute Gasteiger partial charge is 0.333 e. The quantitative estimate of drug-likeness (QED) is 0.449. The summed E-state index contributed by atoms with van der Waals surface area (Å²) in [4.78, 5) is 28.1. The van der Waals surface area contributed by atoms with E-state index in [1.54, 1.807) is 13.0 Å². The number of allylic oxidation sites excluding steroid dienone is 1. The second-order valence-electron chi connectivity index (χ2n) is 4.29. The highest BCUT2D eigenvalue weighted by atomic mass is 16.7. The Labute approximate surface area is 101 Å². The molecule has 17 heavy (non-hydrogen) atoms. The number of hydrogen-bond donors (Lipinski definition) is 1. The first kappa shape index (κ1) is 13.4. The van der Waals surface area contributed by atoms with Crippen molar-refractivity contribution < 1.29 is 14.4 Å². The van der Waals surface area contributed by atoms with Gasteiger partial charge < -0.3 is 10.6 Å². The summed E-state index contributed by atoms with van der Waals surface area (Å²) in [7, 11) is 0. The van der Waals surface area contributed by atoms with E-state index in [4.69, 9.17) is 10.6 Å². The first-order valence-electron chi connectivity index (χ1n) is 5.46. The average molecular weight is 238 g/mol. The average Bonchev–Trinajstić information content (AvgIpc) is 2.31. The molecule has 1 rings (SSSR count). The van der Waals surface area contributed by atoms with E-state index in [1.165, 1.54) is 0 Å². The van der Waals surface area contributed by atoms with Gasteiger partial charge in [0.25, 0.3) is 5.91 Å². The van der Waals surface area contributed by atoms with E-state index in [1.807, 2.05) is 13.8 Å². The SMILES string of the molecule is C=CC[C@@H]1[C@@H](N)C(=O)N1OC(=O)C(C)=C(C)C. The van der Waals surface area contributed by atoms with Crippen LogP contribution in [0.4, 0.5) is 0 Å². The Kier molecular flexibility index (Phi) is 4.07. The van der Waals surface area contributed by atoms with Gasteiger partial charge in [-0.25, -0.2) is 4.79 Å². The number of amides is 1. The van der Waals surface area contributed by atoms with Gasteiger partial charge in [0.1, 0.15) is 6.04 Å². The molecule has 0 radical (unpaired) electrons. The lowest BCUT2D eigenvalue weighted by atomic mass is 9.96. The molecule has 1 aliphatic rings. The zero-order chi connectivity index (χ0) is 13.2. The number of nitrogens with zero attached hydrogens (tertiary/aromatic N) is 1. The molecular weight excluding hydrogens is 220 g/mol. The molecule has 0 saturated carbocycles. The van der Waals surface area contributed by atoms with Crippen molar-refractivity contribution in [3.05, 3.63) is 23.8 Å². The Morgan fingerprint density at radius 1 is 1.53 bits per heavy atom. The van der Waals surface area contributed by atoms with Crippen LogP contribution in [0.3, 0.4) is 0 Å². The van der Waals surface area contributed by atoms with Crippen molar-refractivity contribution in [1.29, 1.82) is 0 Å². The fourth-order valence-electron chi connectivity index (χ4n) is 1.43. The third-order valence-corrected chi connectivity index (χ3v) is 2.86. The number of rotatable bonds is 4. The molecule has 5 heteroatoms. The van der Waals surface area contributed by atoms with Gasteiger partial charge >= 0.3 is 5.97 Å². The van der Waals surface area contributed by atoms with Crippen molar-refractivity contribution in [2.45, 2.75) is 39.3 Å². The van der Waals surface area contributed by atoms with Crippen LogP contribution in [0.25, 0.3) is 0 Å². The Balaban J connectivity index is 2.69. The number of carbonyl (C=O) groups is 2. The van der Waals surface area contributed by atoms with Gasteiger partial charge in [0.2, 0.25) is 0 Å². The molecule has 94 valence electrons. The molecule has 5 nitrogen and oxygen atoms in total. The van der Waals surface area contributed by atoms with Crippen molar-refractivity contribution in [1.82, 2.24) is 5.06 Å². The van der Waals surface area contributed by atoms with Crippen LogP contribution in [-0.4, -0.2) is 29.0 Å². The van der Waals surface area contributed by atoms with Gasteiger partial charge in [-0.05, 0) is 27.2 Å². The summed E-state index contributed by atoms with van der Waals surface area (Å²) in [5, 5.41) is 1.04. The van der Waals surface area contributed by atoms with Gasteiger partial charge in [-0.2, -0.15) is 5.06 Å². The van der Waals surface area contributed by atoms with Gasteiger partial charge in [-0.15, -0.1) is 6.58 Å². The molecule has 0 aromatic carbocycles. The molecule has 0 aliphatic carbocycles. The number of β-lactam (4-membered cyclic amide) rings is 1. The maximum Gasteiger partial charge on any atom is 0.358 e. The Hall–Kier alpha value is -1.62. The standard InChI is InChI=1S/C12H18N2O3/c1-5-6-9-10(13)11(15)14(9)17-12(16)8(4)7(2)3/h5,9-10H,1,6,13H2,2-4H3/t9-,10-/m1/s1. The predicted octanol–water partition coefficient (Wildman–Crippen LogP) is 0.915. The van der Waals surface area contributed by atoms with E-state index in [0.29, 0.717) is 12.0 Å². The number of hydroxylamine groups is 2. The maximum absolute atomic E-state index is 11.6. The highest BCUT2D eigenvalue weighted by Gasteiger charge is 2.47. The van der Waals surface area contributed by atoms with Crippen molar-refractivity contribution in [2.75, 3.05) is 0 Å². The van der Waals surface area contributed by atoms with Gasteiger partial charge in [0, 0.05) is 5.57 Å². The highest BCUT2D eigenvalue weighted by Crippen LogP contribution is 2.23. The summed E-state index contributed by atoms with van der Waals surface area (Å²) >= 11 is 0. The summed E-state index contributed by atoms with van der Waals surface area (Å²) in [5.74, 6) is -0.883. The molecule has 1 fully saturated rings. The lowest BCUT2D eigenvalue weighted by Gasteiger charge is -2.42. The molecule has 1 aliphatic heterocycles. The van der Waals surface area contributed by atoms with E-state index < -0.39 is 12.0 Å². The van der Waals surface area contributed by atoms with Gasteiger partial charge in [-0.3, -0.25) is 4.79 Å². The van der Waals surface area contributed by atoms with Crippen LogP contribution in [0.1, 0.15) is 27.2 Å². The summed E-state index contributed by atoms with van der Waals surface area (Å²) in [6, 6.07) is -0.901. The first-order chi connectivity index (χ1) is 7.90. The largest absolute Gasteiger partial charge is 0.358 e. The second-order valence-corrected chi connectivity index (χ2v) is 4.29. The predicted molar refractivity (Wildman–Crippen MR) is 63.6 cm³/mol. The van der Waals surface area contributed by atoms with Crippen LogP contribution < -0.4 is 5.73 Å². The summed E-state index contributed by atoms with van der Waals surface area (Å²) < 4.78 is 0. The Morgan fingerprint density at radius 2 is 2.12 bits per heavy atom. The Morgan fingerprint density at radius 3 is 2.59 bits per heavy atom. The third-order valence-electron chi connectivity index (χ3n) is 2.86. The monoisotopic (exact) mass is 238 g/mol. The summed E-state index contributed by atoms with van der Waals surface area (Å²) in [6.45, 7) is 8.85. The molecule has 0 aromatic rings. The fourth-order valence-corrected chi connectivity index (χ4v) is 1.43. The topological polar surface area (TPSA) is 72.6 Å². The van der Waals surface area contributed by atoms with Crippen molar-refractivity contribution in [3.63, 3.8) is 0 Å². The van der Waals surface area contributed by atoms with E-state index >= 15 is 0 Å². The van der Waals surface area contributed by atoms with Gasteiger partial charge in [0.05, 0.1) is 6.04 Å². The molecule has 1 heterocycles. The minimum absolute atomic E-state index is 0.297. The summed E-state index contributed by atoms with van der Waals surface area (Å²) in [6.07, 6.45) is 2.15. The van der Waals surface area contributed by atoms with E-state index in [0.717, 1.165) is 10.6 Å². The van der Waals surface area contributed by atoms with Crippen LogP contribution >= 0.6 is 0 Å². The van der Waals surface area contributed by atoms with E-state index in [-0.39, 0.29) is 11.9 Å². The molecule has 1 saturated heterocycles.